The van der Waals surface area contributed by atoms with Crippen LogP contribution in [0.15, 0.2) is 40.8 Å². The van der Waals surface area contributed by atoms with Gasteiger partial charge in [-0.1, -0.05) is 49.4 Å². The summed E-state index contributed by atoms with van der Waals surface area (Å²) in [6, 6.07) is 11.0. The molecule has 1 atom stereocenters. The van der Waals surface area contributed by atoms with E-state index < -0.39 is 10.8 Å². The number of hydrogen-bond acceptors (Lipinski definition) is 3. The van der Waals surface area contributed by atoms with Crippen LogP contribution in [-0.2, 0) is 22.3 Å². The van der Waals surface area contributed by atoms with Crippen LogP contribution >= 0.6 is 11.6 Å². The van der Waals surface area contributed by atoms with E-state index in [0.717, 1.165) is 31.2 Å². The van der Waals surface area contributed by atoms with Gasteiger partial charge in [0.05, 0.1) is 5.75 Å². The van der Waals surface area contributed by atoms with Gasteiger partial charge in [-0.25, -0.2) is 0 Å². The molecular weight excluding hydrogens is 370 g/mol. The highest BCUT2D eigenvalue weighted by Gasteiger charge is 2.18. The number of carbonyl (C=O) groups is 1. The molecule has 0 unspecified atom stereocenters. The monoisotopic (exact) mass is 393 g/mol. The zero-order chi connectivity index (χ0) is 18.4. The van der Waals surface area contributed by atoms with Gasteiger partial charge in [0.25, 0.3) is 5.91 Å². The van der Waals surface area contributed by atoms with E-state index >= 15 is 0 Å². The van der Waals surface area contributed by atoms with Crippen LogP contribution in [0.3, 0.4) is 0 Å². The Bertz CT molecular complexity index is 766. The van der Waals surface area contributed by atoms with E-state index in [2.05, 4.69) is 5.32 Å². The molecule has 0 saturated heterocycles. The zero-order valence-corrected chi connectivity index (χ0v) is 16.3. The predicted molar refractivity (Wildman–Crippen MR) is 105 cm³/mol. The van der Waals surface area contributed by atoms with Gasteiger partial charge in [0.1, 0.15) is 5.76 Å². The van der Waals surface area contributed by atoms with E-state index in [-0.39, 0.29) is 17.7 Å². The molecule has 1 aliphatic carbocycles. The number of carbonyl (C=O) groups excluding carboxylic acids is 1. The molecule has 1 amide bonds. The first-order chi connectivity index (χ1) is 12.6. The SMILES string of the molecule is O=C(NC1CCCCCC1)c1ccc(C[S@](=O)Cc2cccc(Cl)c2)o1. The minimum atomic E-state index is -1.12. The molecule has 0 bridgehead atoms. The molecule has 2 aromatic rings. The fourth-order valence-corrected chi connectivity index (χ4v) is 4.62. The summed E-state index contributed by atoms with van der Waals surface area (Å²) in [7, 11) is -1.12. The minimum absolute atomic E-state index is 0.177. The smallest absolute Gasteiger partial charge is 0.287 e. The Morgan fingerprint density at radius 3 is 2.62 bits per heavy atom. The highest BCUT2D eigenvalue weighted by molar-refractivity contribution is 7.83. The first-order valence-corrected chi connectivity index (χ1v) is 11.0. The summed E-state index contributed by atoms with van der Waals surface area (Å²) >= 11 is 5.95. The summed E-state index contributed by atoms with van der Waals surface area (Å²) < 4.78 is 18.0. The second-order valence-electron chi connectivity index (χ2n) is 6.79. The number of rotatable bonds is 6. The van der Waals surface area contributed by atoms with Gasteiger partial charge < -0.3 is 9.73 Å². The Labute approximate surface area is 161 Å². The molecule has 1 fully saturated rings. The van der Waals surface area contributed by atoms with Crippen LogP contribution in [0.5, 0.6) is 0 Å². The van der Waals surface area contributed by atoms with Crippen molar-refractivity contribution in [3.05, 3.63) is 58.5 Å². The van der Waals surface area contributed by atoms with Crippen molar-refractivity contribution in [1.82, 2.24) is 5.32 Å². The third kappa shape index (κ3) is 5.71. The van der Waals surface area contributed by atoms with E-state index in [4.69, 9.17) is 16.0 Å². The lowest BCUT2D eigenvalue weighted by Crippen LogP contribution is -2.34. The molecule has 3 rings (SSSR count). The standard InChI is InChI=1S/C20H24ClNO3S/c21-16-7-5-6-15(12-16)13-26(24)14-18-10-11-19(25-18)20(23)22-17-8-3-1-2-4-9-17/h5-7,10-12,17H,1-4,8-9,13-14H2,(H,22,23)/t26-/m1/s1. The lowest BCUT2D eigenvalue weighted by molar-refractivity contribution is 0.0904. The fourth-order valence-electron chi connectivity index (χ4n) is 3.28. The first kappa shape index (κ1) is 19.2. The average Bonchev–Trinajstić information content (AvgIpc) is 2.91. The van der Waals surface area contributed by atoms with Gasteiger partial charge in [-0.15, -0.1) is 0 Å². The van der Waals surface area contributed by atoms with Crippen molar-refractivity contribution in [3.8, 4) is 0 Å². The Balaban J connectivity index is 1.53. The highest BCUT2D eigenvalue weighted by Crippen LogP contribution is 2.19. The van der Waals surface area contributed by atoms with Crippen LogP contribution in [0, 0.1) is 0 Å². The molecule has 1 saturated carbocycles. The van der Waals surface area contributed by atoms with Crippen molar-refractivity contribution in [1.29, 1.82) is 0 Å². The Morgan fingerprint density at radius 1 is 1.12 bits per heavy atom. The van der Waals surface area contributed by atoms with E-state index in [1.165, 1.54) is 12.8 Å². The summed E-state index contributed by atoms with van der Waals surface area (Å²) in [6.45, 7) is 0. The quantitative estimate of drug-likeness (QED) is 0.714. The lowest BCUT2D eigenvalue weighted by Gasteiger charge is -2.14. The number of amides is 1. The van der Waals surface area contributed by atoms with Gasteiger partial charge >= 0.3 is 0 Å². The molecule has 1 aliphatic rings. The van der Waals surface area contributed by atoms with Crippen LogP contribution < -0.4 is 5.32 Å². The van der Waals surface area contributed by atoms with Crippen molar-refractivity contribution < 1.29 is 13.4 Å². The number of benzene rings is 1. The van der Waals surface area contributed by atoms with Crippen LogP contribution in [-0.4, -0.2) is 16.2 Å². The number of furan rings is 1. The molecule has 1 aromatic carbocycles. The lowest BCUT2D eigenvalue weighted by atomic mass is 10.1. The summed E-state index contributed by atoms with van der Waals surface area (Å²) in [5.74, 6) is 1.37. The van der Waals surface area contributed by atoms with Crippen molar-refractivity contribution in [2.75, 3.05) is 0 Å². The normalized spacial score (nSPS) is 16.8. The molecule has 4 nitrogen and oxygen atoms in total. The third-order valence-corrected chi connectivity index (χ3v) is 6.09. The Kier molecular flexibility index (Phi) is 6.92. The van der Waals surface area contributed by atoms with Gasteiger partial charge in [-0.3, -0.25) is 9.00 Å². The minimum Gasteiger partial charge on any atom is -0.455 e. The molecule has 26 heavy (non-hydrogen) atoms. The third-order valence-electron chi connectivity index (χ3n) is 4.60. The van der Waals surface area contributed by atoms with E-state index in [9.17, 15) is 9.00 Å². The van der Waals surface area contributed by atoms with Gasteiger partial charge in [0, 0.05) is 27.6 Å². The second kappa shape index (κ2) is 9.38. The summed E-state index contributed by atoms with van der Waals surface area (Å²) in [5, 5.41) is 3.70. The molecule has 1 heterocycles. The summed E-state index contributed by atoms with van der Waals surface area (Å²) in [4.78, 5) is 12.4. The first-order valence-electron chi connectivity index (χ1n) is 9.09. The van der Waals surface area contributed by atoms with Gasteiger partial charge in [-0.2, -0.15) is 0 Å². The molecular formula is C20H24ClNO3S. The fraction of sp³-hybridized carbons (Fsp3) is 0.450. The molecule has 0 radical (unpaired) electrons. The highest BCUT2D eigenvalue weighted by atomic mass is 35.5. The average molecular weight is 394 g/mol. The van der Waals surface area contributed by atoms with Crippen molar-refractivity contribution in [2.24, 2.45) is 0 Å². The van der Waals surface area contributed by atoms with Crippen molar-refractivity contribution in [3.63, 3.8) is 0 Å². The van der Waals surface area contributed by atoms with Crippen LogP contribution in [0.2, 0.25) is 5.02 Å². The maximum Gasteiger partial charge on any atom is 0.287 e. The van der Waals surface area contributed by atoms with Crippen molar-refractivity contribution >= 4 is 28.3 Å². The maximum atomic E-state index is 12.4. The number of hydrogen-bond donors (Lipinski definition) is 1. The predicted octanol–water partition coefficient (Wildman–Crippen LogP) is 4.83. The molecule has 1 N–H and O–H groups in total. The van der Waals surface area contributed by atoms with Gasteiger partial charge in [-0.05, 0) is 42.7 Å². The molecule has 0 spiro atoms. The number of halogens is 1. The largest absolute Gasteiger partial charge is 0.455 e. The molecule has 1 aromatic heterocycles. The van der Waals surface area contributed by atoms with E-state index in [1.54, 1.807) is 18.2 Å². The molecule has 140 valence electrons. The van der Waals surface area contributed by atoms with Gasteiger partial charge in [0.2, 0.25) is 0 Å². The maximum absolute atomic E-state index is 12.4. The number of nitrogens with one attached hydrogen (secondary N) is 1. The second-order valence-corrected chi connectivity index (χ2v) is 8.68. The molecule has 6 heteroatoms. The summed E-state index contributed by atoms with van der Waals surface area (Å²) in [6.07, 6.45) is 6.88. The van der Waals surface area contributed by atoms with Crippen LogP contribution in [0.1, 0.15) is 60.4 Å². The van der Waals surface area contributed by atoms with Crippen molar-refractivity contribution in [2.45, 2.75) is 56.1 Å². The van der Waals surface area contributed by atoms with Crippen LogP contribution in [0.25, 0.3) is 0 Å². The Morgan fingerprint density at radius 2 is 1.88 bits per heavy atom. The summed E-state index contributed by atoms with van der Waals surface area (Å²) in [5.41, 5.74) is 0.925. The van der Waals surface area contributed by atoms with Gasteiger partial charge in [0.15, 0.2) is 5.76 Å². The Hall–Kier alpha value is -1.59. The topological polar surface area (TPSA) is 59.3 Å². The van der Waals surface area contributed by atoms with E-state index in [0.29, 0.717) is 22.3 Å². The van der Waals surface area contributed by atoms with E-state index in [1.807, 2.05) is 18.2 Å². The molecule has 0 aliphatic heterocycles. The zero-order valence-electron chi connectivity index (χ0n) is 14.7. The van der Waals surface area contributed by atoms with Crippen LogP contribution in [0.4, 0.5) is 0 Å².